The minimum Gasteiger partial charge on any atom is -0.349 e. The molecule has 0 bridgehead atoms. The van der Waals surface area contributed by atoms with Crippen LogP contribution >= 0.6 is 0 Å². The highest BCUT2D eigenvalue weighted by Crippen LogP contribution is 2.25. The van der Waals surface area contributed by atoms with Gasteiger partial charge in [-0.15, -0.1) is 0 Å². The number of nitrogens with zero attached hydrogens (tertiary/aromatic N) is 2. The molecule has 8 heteroatoms. The Kier molecular flexibility index (Phi) is 5.69. The molecule has 0 aliphatic heterocycles. The second kappa shape index (κ2) is 8.41. The number of amides is 1. The number of carbonyl (C=O) groups excluding carboxylic acids is 1. The first-order chi connectivity index (χ1) is 14.4. The van der Waals surface area contributed by atoms with Crippen molar-refractivity contribution in [3.63, 3.8) is 0 Å². The summed E-state index contributed by atoms with van der Waals surface area (Å²) < 4.78 is 29.7. The van der Waals surface area contributed by atoms with Crippen molar-refractivity contribution in [1.82, 2.24) is 19.8 Å². The van der Waals surface area contributed by atoms with Gasteiger partial charge in [0.25, 0.3) is 5.91 Å². The average Bonchev–Trinajstić information content (AvgIpc) is 3.33. The van der Waals surface area contributed by atoms with Crippen LogP contribution in [0.25, 0.3) is 0 Å². The molecule has 1 aliphatic carbocycles. The van der Waals surface area contributed by atoms with Crippen LogP contribution in [-0.2, 0) is 29.4 Å². The predicted octanol–water partition coefficient (Wildman–Crippen LogP) is 2.07. The maximum absolute atomic E-state index is 12.7. The Morgan fingerprint density at radius 1 is 1.10 bits per heavy atom. The minimum absolute atomic E-state index is 0.0401. The normalized spacial score (nSPS) is 15.7. The molecule has 30 heavy (non-hydrogen) atoms. The molecular formula is C22H24N4O3S. The molecule has 1 amide bonds. The summed E-state index contributed by atoms with van der Waals surface area (Å²) in [5.41, 5.74) is 3.54. The van der Waals surface area contributed by atoms with Crippen LogP contribution in [0.1, 0.15) is 27.2 Å². The molecule has 0 fully saturated rings. The fourth-order valence-corrected chi connectivity index (χ4v) is 4.76. The lowest BCUT2D eigenvalue weighted by Crippen LogP contribution is -2.35. The van der Waals surface area contributed by atoms with Crippen LogP contribution in [-0.4, -0.2) is 36.7 Å². The second-order valence-electron chi connectivity index (χ2n) is 7.49. The van der Waals surface area contributed by atoms with Gasteiger partial charge >= 0.3 is 0 Å². The summed E-state index contributed by atoms with van der Waals surface area (Å²) in [6.45, 7) is 2.61. The van der Waals surface area contributed by atoms with Crippen molar-refractivity contribution in [2.24, 2.45) is 0 Å². The van der Waals surface area contributed by atoms with Crippen molar-refractivity contribution >= 4 is 15.9 Å². The van der Waals surface area contributed by atoms with Gasteiger partial charge in [0, 0.05) is 24.3 Å². The lowest BCUT2D eigenvalue weighted by molar-refractivity contribution is 0.0938. The van der Waals surface area contributed by atoms with E-state index in [2.05, 4.69) is 15.1 Å². The minimum atomic E-state index is -3.61. The van der Waals surface area contributed by atoms with Crippen LogP contribution in [0.2, 0.25) is 0 Å². The number of hydrogen-bond acceptors (Lipinski definition) is 4. The number of sulfonamides is 1. The molecule has 1 atom stereocenters. The van der Waals surface area contributed by atoms with Crippen LogP contribution in [0, 0.1) is 6.92 Å². The topological polar surface area (TPSA) is 93.1 Å². The predicted molar refractivity (Wildman–Crippen MR) is 114 cm³/mol. The zero-order valence-electron chi connectivity index (χ0n) is 16.7. The molecule has 4 rings (SSSR count). The van der Waals surface area contributed by atoms with Crippen molar-refractivity contribution in [1.29, 1.82) is 0 Å². The Labute approximate surface area is 176 Å². The number of hydrogen-bond donors (Lipinski definition) is 2. The van der Waals surface area contributed by atoms with Gasteiger partial charge in [0.05, 0.1) is 17.1 Å². The van der Waals surface area contributed by atoms with Gasteiger partial charge in [-0.05, 0) is 61.2 Å². The third kappa shape index (κ3) is 4.60. The van der Waals surface area contributed by atoms with E-state index in [4.69, 9.17) is 0 Å². The summed E-state index contributed by atoms with van der Waals surface area (Å²) in [5, 5.41) is 7.29. The molecule has 3 aromatic rings. The lowest BCUT2D eigenvalue weighted by atomic mass is 10.1. The van der Waals surface area contributed by atoms with Crippen LogP contribution in [0.3, 0.4) is 0 Å². The van der Waals surface area contributed by atoms with E-state index >= 15 is 0 Å². The van der Waals surface area contributed by atoms with E-state index in [0.29, 0.717) is 24.9 Å². The van der Waals surface area contributed by atoms with Crippen molar-refractivity contribution in [3.8, 4) is 0 Å². The molecule has 1 heterocycles. The smallest absolute Gasteiger partial charge is 0.251 e. The van der Waals surface area contributed by atoms with E-state index in [0.717, 1.165) is 16.8 Å². The molecule has 1 aliphatic rings. The van der Waals surface area contributed by atoms with Crippen LogP contribution in [0.4, 0.5) is 0 Å². The first-order valence-electron chi connectivity index (χ1n) is 9.88. The van der Waals surface area contributed by atoms with Gasteiger partial charge < -0.3 is 5.32 Å². The number of carbonyl (C=O) groups is 1. The fourth-order valence-electron chi connectivity index (χ4n) is 3.69. The standard InChI is InChI=1S/C22H24N4O3S/c1-16-9-11-26(25-16)12-10-23-30(28,29)21-8-7-18-13-20(14-19(18)15-21)24-22(27)17-5-3-2-4-6-17/h2-9,11,15,20,23H,10,12-14H2,1H3,(H,24,27)/t20-/m0/s1. The first-order valence-corrected chi connectivity index (χ1v) is 11.4. The maximum Gasteiger partial charge on any atom is 0.251 e. The molecule has 7 nitrogen and oxygen atoms in total. The Bertz CT molecular complexity index is 1160. The van der Waals surface area contributed by atoms with Gasteiger partial charge in [0.2, 0.25) is 10.0 Å². The highest BCUT2D eigenvalue weighted by atomic mass is 32.2. The second-order valence-corrected chi connectivity index (χ2v) is 9.26. The van der Waals surface area contributed by atoms with Gasteiger partial charge in [-0.3, -0.25) is 9.48 Å². The van der Waals surface area contributed by atoms with E-state index in [1.807, 2.05) is 43.5 Å². The van der Waals surface area contributed by atoms with Gasteiger partial charge in [0.15, 0.2) is 0 Å². The van der Waals surface area contributed by atoms with E-state index in [-0.39, 0.29) is 23.4 Å². The monoisotopic (exact) mass is 424 g/mol. The summed E-state index contributed by atoms with van der Waals surface area (Å²) >= 11 is 0. The SMILES string of the molecule is Cc1ccn(CCNS(=O)(=O)c2ccc3c(c2)C[C@@H](NC(=O)c2ccccc2)C3)n1. The van der Waals surface area contributed by atoms with Gasteiger partial charge in [0.1, 0.15) is 0 Å². The molecule has 0 spiro atoms. The van der Waals surface area contributed by atoms with Crippen molar-refractivity contribution in [2.45, 2.75) is 37.2 Å². The van der Waals surface area contributed by atoms with Crippen molar-refractivity contribution in [2.75, 3.05) is 6.54 Å². The zero-order valence-corrected chi connectivity index (χ0v) is 17.5. The maximum atomic E-state index is 12.7. The summed E-state index contributed by atoms with van der Waals surface area (Å²) in [7, 11) is -3.61. The summed E-state index contributed by atoms with van der Waals surface area (Å²) in [4.78, 5) is 12.6. The summed E-state index contributed by atoms with van der Waals surface area (Å²) in [6, 6.07) is 16.1. The quantitative estimate of drug-likeness (QED) is 0.607. The van der Waals surface area contributed by atoms with Crippen molar-refractivity contribution in [3.05, 3.63) is 83.2 Å². The third-order valence-electron chi connectivity index (χ3n) is 5.20. The molecule has 1 aromatic heterocycles. The van der Waals surface area contributed by atoms with E-state index in [9.17, 15) is 13.2 Å². The molecule has 156 valence electrons. The van der Waals surface area contributed by atoms with Crippen LogP contribution in [0.5, 0.6) is 0 Å². The largest absolute Gasteiger partial charge is 0.349 e. The van der Waals surface area contributed by atoms with Gasteiger partial charge in [-0.25, -0.2) is 13.1 Å². The molecule has 0 radical (unpaired) electrons. The Morgan fingerprint density at radius 3 is 2.60 bits per heavy atom. The lowest BCUT2D eigenvalue weighted by Gasteiger charge is -2.11. The Balaban J connectivity index is 1.38. The Hall–Kier alpha value is -2.97. The van der Waals surface area contributed by atoms with Gasteiger partial charge in [-0.2, -0.15) is 5.10 Å². The van der Waals surface area contributed by atoms with Crippen LogP contribution in [0.15, 0.2) is 65.7 Å². The van der Waals surface area contributed by atoms with E-state index < -0.39 is 10.0 Å². The summed E-state index contributed by atoms with van der Waals surface area (Å²) in [5.74, 6) is -0.114. The Morgan fingerprint density at radius 2 is 1.87 bits per heavy atom. The van der Waals surface area contributed by atoms with E-state index in [1.54, 1.807) is 28.9 Å². The van der Waals surface area contributed by atoms with Crippen LogP contribution < -0.4 is 10.0 Å². The molecule has 0 saturated heterocycles. The van der Waals surface area contributed by atoms with Crippen molar-refractivity contribution < 1.29 is 13.2 Å². The summed E-state index contributed by atoms with van der Waals surface area (Å²) in [6.07, 6.45) is 3.13. The average molecular weight is 425 g/mol. The first kappa shape index (κ1) is 20.3. The molecule has 0 saturated carbocycles. The number of aryl methyl sites for hydroxylation is 1. The number of fused-ring (bicyclic) bond motifs is 1. The molecular weight excluding hydrogens is 400 g/mol. The highest BCUT2D eigenvalue weighted by molar-refractivity contribution is 7.89. The van der Waals surface area contributed by atoms with E-state index in [1.165, 1.54) is 0 Å². The number of rotatable bonds is 7. The number of aromatic nitrogens is 2. The number of nitrogens with one attached hydrogen (secondary N) is 2. The molecule has 2 N–H and O–H groups in total. The molecule has 0 unspecified atom stereocenters. The zero-order chi connectivity index (χ0) is 21.1. The number of benzene rings is 2. The third-order valence-corrected chi connectivity index (χ3v) is 6.66. The molecule has 2 aromatic carbocycles. The highest BCUT2D eigenvalue weighted by Gasteiger charge is 2.25. The van der Waals surface area contributed by atoms with Gasteiger partial charge in [-0.1, -0.05) is 24.3 Å². The fraction of sp³-hybridized carbons (Fsp3) is 0.273.